The first-order chi connectivity index (χ1) is 16.5. The second-order valence-electron chi connectivity index (χ2n) is 9.64. The summed E-state index contributed by atoms with van der Waals surface area (Å²) >= 11 is 0. The maximum absolute atomic E-state index is 13.4. The van der Waals surface area contributed by atoms with Crippen LogP contribution in [0.15, 0.2) is 48.5 Å². The first-order valence-corrected chi connectivity index (χ1v) is 12.1. The molecule has 2 aromatic carbocycles. The fourth-order valence-electron chi connectivity index (χ4n) is 5.83. The predicted octanol–water partition coefficient (Wildman–Crippen LogP) is 4.16. The lowest BCUT2D eigenvalue weighted by molar-refractivity contribution is -0.147. The Morgan fingerprint density at radius 2 is 1.50 bits per heavy atom. The van der Waals surface area contributed by atoms with Crippen LogP contribution in [0.5, 0.6) is 0 Å². The lowest BCUT2D eigenvalue weighted by Crippen LogP contribution is -2.59. The summed E-state index contributed by atoms with van der Waals surface area (Å²) in [7, 11) is 0. The Morgan fingerprint density at radius 3 is 2.06 bits per heavy atom. The Kier molecular flexibility index (Phi) is 6.02. The number of fused-ring (bicyclic) bond motifs is 3. The standard InChI is InChI=1S/C27H30N2O5/c30-24(31)18-11-15-29(16-12-18)25(32)27(13-5-6-14-27)28-26(33)34-17-23-21-9-3-1-7-19(21)20-8-2-4-10-22(20)23/h1-4,7-10,18,23H,5-6,11-17H2,(H,28,33)(H,30,31). The molecule has 0 unspecified atom stereocenters. The predicted molar refractivity (Wildman–Crippen MR) is 126 cm³/mol. The van der Waals surface area contributed by atoms with Crippen LogP contribution in [0.25, 0.3) is 11.1 Å². The molecule has 3 aliphatic rings. The number of carboxylic acid groups (broad SMARTS) is 1. The number of nitrogens with zero attached hydrogens (tertiary/aromatic N) is 1. The summed E-state index contributed by atoms with van der Waals surface area (Å²) in [6.45, 7) is 1.02. The maximum atomic E-state index is 13.4. The second-order valence-corrected chi connectivity index (χ2v) is 9.64. The van der Waals surface area contributed by atoms with Crippen LogP contribution in [0.4, 0.5) is 4.79 Å². The van der Waals surface area contributed by atoms with E-state index < -0.39 is 23.5 Å². The number of hydrogen-bond acceptors (Lipinski definition) is 4. The van der Waals surface area contributed by atoms with E-state index in [-0.39, 0.29) is 18.4 Å². The minimum Gasteiger partial charge on any atom is -0.481 e. The van der Waals surface area contributed by atoms with Gasteiger partial charge in [-0.25, -0.2) is 4.79 Å². The van der Waals surface area contributed by atoms with Gasteiger partial charge in [-0.3, -0.25) is 9.59 Å². The quantitative estimate of drug-likeness (QED) is 0.696. The minimum atomic E-state index is -0.960. The van der Waals surface area contributed by atoms with Gasteiger partial charge in [0.1, 0.15) is 12.1 Å². The molecule has 1 saturated carbocycles. The molecule has 178 valence electrons. The van der Waals surface area contributed by atoms with Crippen molar-refractivity contribution in [2.24, 2.45) is 5.92 Å². The first-order valence-electron chi connectivity index (χ1n) is 12.1. The van der Waals surface area contributed by atoms with E-state index in [1.54, 1.807) is 4.90 Å². The molecule has 2 N–H and O–H groups in total. The zero-order valence-corrected chi connectivity index (χ0v) is 19.2. The van der Waals surface area contributed by atoms with Gasteiger partial charge in [-0.15, -0.1) is 0 Å². The SMILES string of the molecule is O=C(NC1(C(=O)N2CCC(C(=O)O)CC2)CCCC1)OCC1c2ccccc2-c2ccccc21. The normalized spacial score (nSPS) is 19.4. The smallest absolute Gasteiger partial charge is 0.408 e. The Morgan fingerprint density at radius 1 is 0.941 bits per heavy atom. The van der Waals surface area contributed by atoms with Crippen molar-refractivity contribution in [1.82, 2.24) is 10.2 Å². The first kappa shape index (κ1) is 22.4. The number of alkyl carbamates (subject to hydrolysis) is 1. The molecule has 2 aromatic rings. The molecule has 0 aromatic heterocycles. The monoisotopic (exact) mass is 462 g/mol. The third-order valence-electron chi connectivity index (χ3n) is 7.68. The number of hydrogen-bond donors (Lipinski definition) is 2. The number of aliphatic carboxylic acids is 1. The van der Waals surface area contributed by atoms with Gasteiger partial charge in [0.15, 0.2) is 0 Å². The van der Waals surface area contributed by atoms with E-state index in [1.165, 1.54) is 11.1 Å². The van der Waals surface area contributed by atoms with Gasteiger partial charge in [0.2, 0.25) is 5.91 Å². The van der Waals surface area contributed by atoms with Crippen LogP contribution in [0.2, 0.25) is 0 Å². The highest BCUT2D eigenvalue weighted by Crippen LogP contribution is 2.44. The maximum Gasteiger partial charge on any atom is 0.408 e. The van der Waals surface area contributed by atoms with Crippen LogP contribution < -0.4 is 5.32 Å². The van der Waals surface area contributed by atoms with E-state index in [2.05, 4.69) is 29.6 Å². The van der Waals surface area contributed by atoms with Crippen molar-refractivity contribution < 1.29 is 24.2 Å². The van der Waals surface area contributed by atoms with Crippen LogP contribution in [-0.2, 0) is 14.3 Å². The van der Waals surface area contributed by atoms with Gasteiger partial charge in [0, 0.05) is 19.0 Å². The molecule has 0 spiro atoms. The fourth-order valence-corrected chi connectivity index (χ4v) is 5.83. The van der Waals surface area contributed by atoms with Gasteiger partial charge in [0.25, 0.3) is 0 Å². The van der Waals surface area contributed by atoms with Crippen molar-refractivity contribution in [3.8, 4) is 11.1 Å². The van der Waals surface area contributed by atoms with Crippen LogP contribution in [0, 0.1) is 5.92 Å². The molecular weight excluding hydrogens is 432 g/mol. The number of carbonyl (C=O) groups is 3. The summed E-state index contributed by atoms with van der Waals surface area (Å²) in [6, 6.07) is 16.4. The molecule has 2 amide bonds. The number of likely N-dealkylation sites (tertiary alicyclic amines) is 1. The van der Waals surface area contributed by atoms with Crippen molar-refractivity contribution in [3.63, 3.8) is 0 Å². The summed E-state index contributed by atoms with van der Waals surface area (Å²) < 4.78 is 5.71. The number of rotatable bonds is 5. The number of carboxylic acids is 1. The highest BCUT2D eigenvalue weighted by molar-refractivity contribution is 5.90. The average molecular weight is 463 g/mol. The summed E-state index contributed by atoms with van der Waals surface area (Å²) in [5.74, 6) is -1.36. The van der Waals surface area contributed by atoms with Crippen molar-refractivity contribution in [3.05, 3.63) is 59.7 Å². The van der Waals surface area contributed by atoms with Crippen molar-refractivity contribution in [2.75, 3.05) is 19.7 Å². The lowest BCUT2D eigenvalue weighted by atomic mass is 9.92. The van der Waals surface area contributed by atoms with Crippen LogP contribution in [-0.4, -0.2) is 53.2 Å². The number of ether oxygens (including phenoxy) is 1. The van der Waals surface area contributed by atoms with Gasteiger partial charge in [-0.1, -0.05) is 61.4 Å². The number of amides is 2. The third kappa shape index (κ3) is 4.04. The highest BCUT2D eigenvalue weighted by Gasteiger charge is 2.46. The Balaban J connectivity index is 1.25. The number of benzene rings is 2. The van der Waals surface area contributed by atoms with Crippen LogP contribution >= 0.6 is 0 Å². The van der Waals surface area contributed by atoms with Crippen molar-refractivity contribution >= 4 is 18.0 Å². The average Bonchev–Trinajstić information content (AvgIpc) is 3.46. The molecule has 1 aliphatic heterocycles. The number of nitrogens with one attached hydrogen (secondary N) is 1. The van der Waals surface area contributed by atoms with Gasteiger partial charge >= 0.3 is 12.1 Å². The van der Waals surface area contributed by atoms with Crippen molar-refractivity contribution in [2.45, 2.75) is 50.0 Å². The summed E-state index contributed by atoms with van der Waals surface area (Å²) in [4.78, 5) is 39.3. The molecule has 34 heavy (non-hydrogen) atoms. The molecule has 0 atom stereocenters. The van der Waals surface area contributed by atoms with Gasteiger partial charge in [-0.05, 0) is 47.9 Å². The van der Waals surface area contributed by atoms with E-state index >= 15 is 0 Å². The molecule has 7 nitrogen and oxygen atoms in total. The Labute approximate surface area is 199 Å². The highest BCUT2D eigenvalue weighted by atomic mass is 16.5. The Hall–Kier alpha value is -3.35. The molecule has 1 heterocycles. The Bertz CT molecular complexity index is 1050. The second kappa shape index (κ2) is 9.12. The number of carbonyl (C=O) groups excluding carboxylic acids is 2. The van der Waals surface area contributed by atoms with Gasteiger partial charge in [-0.2, -0.15) is 0 Å². The number of piperidine rings is 1. The molecule has 1 saturated heterocycles. The van der Waals surface area contributed by atoms with Crippen LogP contribution in [0.3, 0.4) is 0 Å². The third-order valence-corrected chi connectivity index (χ3v) is 7.68. The molecule has 5 rings (SSSR count). The molecule has 0 radical (unpaired) electrons. The zero-order chi connectivity index (χ0) is 23.7. The summed E-state index contributed by atoms with van der Waals surface area (Å²) in [6.07, 6.45) is 3.20. The molecule has 2 aliphatic carbocycles. The van der Waals surface area contributed by atoms with E-state index in [4.69, 9.17) is 4.74 Å². The fraction of sp³-hybridized carbons (Fsp3) is 0.444. The molecular formula is C27H30N2O5. The minimum absolute atomic E-state index is 0.0385. The van der Waals surface area contributed by atoms with E-state index in [0.29, 0.717) is 38.8 Å². The van der Waals surface area contributed by atoms with Gasteiger partial charge in [0.05, 0.1) is 5.92 Å². The topological polar surface area (TPSA) is 95.9 Å². The summed E-state index contributed by atoms with van der Waals surface area (Å²) in [5, 5.41) is 12.2. The molecule has 0 bridgehead atoms. The van der Waals surface area contributed by atoms with Gasteiger partial charge < -0.3 is 20.1 Å². The zero-order valence-electron chi connectivity index (χ0n) is 19.2. The van der Waals surface area contributed by atoms with E-state index in [0.717, 1.165) is 24.0 Å². The summed E-state index contributed by atoms with van der Waals surface area (Å²) in [5.41, 5.74) is 3.66. The molecule has 7 heteroatoms. The van der Waals surface area contributed by atoms with E-state index in [9.17, 15) is 19.5 Å². The molecule has 2 fully saturated rings. The van der Waals surface area contributed by atoms with E-state index in [1.807, 2.05) is 24.3 Å². The largest absolute Gasteiger partial charge is 0.481 e. The van der Waals surface area contributed by atoms with Crippen LogP contribution in [0.1, 0.15) is 55.6 Å². The van der Waals surface area contributed by atoms with Crippen molar-refractivity contribution in [1.29, 1.82) is 0 Å². The lowest BCUT2D eigenvalue weighted by Gasteiger charge is -2.37.